The second-order valence-corrected chi connectivity index (χ2v) is 9.26. The molecular formula is C17H29Cl. The first kappa shape index (κ1) is 15.8. The lowest BCUT2D eigenvalue weighted by Crippen LogP contribution is -2.32. The van der Waals surface area contributed by atoms with Crippen LogP contribution in [0.2, 0.25) is 0 Å². The minimum absolute atomic E-state index is 0.0258. The summed E-state index contributed by atoms with van der Waals surface area (Å²) in [5, 5.41) is 0. The number of allylic oxidation sites excluding steroid dienone is 4. The lowest BCUT2D eigenvalue weighted by molar-refractivity contribution is 0.367. The Morgan fingerprint density at radius 1 is 0.722 bits per heavy atom. The predicted molar refractivity (Wildman–Crippen MR) is 83.1 cm³/mol. The summed E-state index contributed by atoms with van der Waals surface area (Å²) in [5.74, 6) is 0. The molecule has 0 saturated carbocycles. The number of alkyl halides is 1. The van der Waals surface area contributed by atoms with Gasteiger partial charge in [-0.15, -0.1) is 11.6 Å². The zero-order chi connectivity index (χ0) is 14.6. The second-order valence-electron chi connectivity index (χ2n) is 8.63. The largest absolute Gasteiger partial charge is 0.110 e. The van der Waals surface area contributed by atoms with Crippen molar-refractivity contribution < 1.29 is 0 Å². The monoisotopic (exact) mass is 268 g/mol. The summed E-state index contributed by atoms with van der Waals surface area (Å²) in [6.07, 6.45) is 4.57. The quantitative estimate of drug-likeness (QED) is 0.475. The maximum atomic E-state index is 6.90. The van der Waals surface area contributed by atoms with Gasteiger partial charge in [0, 0.05) is 0 Å². The number of hydrogen-bond donors (Lipinski definition) is 0. The summed E-state index contributed by atoms with van der Waals surface area (Å²) in [6.45, 7) is 20.2. The molecule has 0 aromatic heterocycles. The third-order valence-corrected chi connectivity index (χ3v) is 4.55. The van der Waals surface area contributed by atoms with E-state index in [0.717, 1.165) is 0 Å². The maximum Gasteiger partial charge on any atom is 0.0866 e. The molecule has 0 saturated heterocycles. The topological polar surface area (TPSA) is 0 Å². The summed E-state index contributed by atoms with van der Waals surface area (Å²) in [5.41, 5.74) is 3.11. The molecule has 0 amide bonds. The molecule has 0 unspecified atom stereocenters. The average Bonchev–Trinajstić information content (AvgIpc) is 2.41. The van der Waals surface area contributed by atoms with E-state index in [9.17, 15) is 0 Å². The highest BCUT2D eigenvalue weighted by Gasteiger charge is 2.44. The Kier molecular flexibility index (Phi) is 3.63. The van der Waals surface area contributed by atoms with E-state index in [1.807, 2.05) is 0 Å². The molecule has 0 radical (unpaired) electrons. The zero-order valence-corrected chi connectivity index (χ0v) is 14.3. The van der Waals surface area contributed by atoms with Crippen molar-refractivity contribution in [2.45, 2.75) is 67.2 Å². The molecule has 1 heteroatoms. The maximum absolute atomic E-state index is 6.90. The Labute approximate surface area is 118 Å². The fourth-order valence-electron chi connectivity index (χ4n) is 2.29. The van der Waals surface area contributed by atoms with Crippen molar-refractivity contribution in [3.63, 3.8) is 0 Å². The highest BCUT2D eigenvalue weighted by atomic mass is 35.5. The first-order valence-corrected chi connectivity index (χ1v) is 7.22. The summed E-state index contributed by atoms with van der Waals surface area (Å²) < 4.78 is 0. The molecule has 0 spiro atoms. The van der Waals surface area contributed by atoms with E-state index in [-0.39, 0.29) is 21.1 Å². The molecule has 1 aliphatic carbocycles. The molecule has 104 valence electrons. The summed E-state index contributed by atoms with van der Waals surface area (Å²) >= 11 is 6.90. The third kappa shape index (κ3) is 2.85. The van der Waals surface area contributed by atoms with Crippen LogP contribution in [0, 0.1) is 16.2 Å². The van der Waals surface area contributed by atoms with Gasteiger partial charge in [0.15, 0.2) is 0 Å². The molecule has 0 heterocycles. The van der Waals surface area contributed by atoms with Gasteiger partial charge in [0.2, 0.25) is 0 Å². The van der Waals surface area contributed by atoms with Gasteiger partial charge in [0.05, 0.1) is 4.87 Å². The predicted octanol–water partition coefficient (Wildman–Crippen LogP) is 5.97. The van der Waals surface area contributed by atoms with Crippen molar-refractivity contribution in [3.8, 4) is 0 Å². The Morgan fingerprint density at radius 2 is 1.00 bits per heavy atom. The van der Waals surface area contributed by atoms with E-state index in [2.05, 4.69) is 74.5 Å². The normalized spacial score (nSPS) is 20.8. The van der Waals surface area contributed by atoms with Gasteiger partial charge in [-0.25, -0.2) is 0 Å². The van der Waals surface area contributed by atoms with Gasteiger partial charge < -0.3 is 0 Å². The van der Waals surface area contributed by atoms with Crippen LogP contribution in [0.3, 0.4) is 0 Å². The van der Waals surface area contributed by atoms with Crippen LogP contribution in [0.4, 0.5) is 0 Å². The Morgan fingerprint density at radius 3 is 1.17 bits per heavy atom. The summed E-state index contributed by atoms with van der Waals surface area (Å²) in [6, 6.07) is 0. The van der Waals surface area contributed by atoms with Gasteiger partial charge in [-0.05, 0) is 27.4 Å². The molecule has 0 fully saturated rings. The molecule has 1 rings (SSSR count). The number of rotatable bonds is 0. The van der Waals surface area contributed by atoms with Gasteiger partial charge in [0.25, 0.3) is 0 Å². The Hall–Kier alpha value is -0.230. The van der Waals surface area contributed by atoms with Gasteiger partial charge in [0.1, 0.15) is 0 Å². The highest BCUT2D eigenvalue weighted by Crippen LogP contribution is 2.53. The van der Waals surface area contributed by atoms with Crippen LogP contribution in [-0.4, -0.2) is 4.87 Å². The van der Waals surface area contributed by atoms with E-state index in [4.69, 9.17) is 11.6 Å². The van der Waals surface area contributed by atoms with Crippen LogP contribution >= 0.6 is 11.6 Å². The molecule has 0 bridgehead atoms. The van der Waals surface area contributed by atoms with Crippen LogP contribution in [0.5, 0.6) is 0 Å². The van der Waals surface area contributed by atoms with Crippen LogP contribution < -0.4 is 0 Å². The van der Waals surface area contributed by atoms with E-state index in [0.29, 0.717) is 0 Å². The SMILES string of the molecule is CC(C)(C)C1=CC(Cl)(C(C)(C)C)C=C1C(C)(C)C. The Balaban J connectivity index is 3.43. The van der Waals surface area contributed by atoms with Gasteiger partial charge in [-0.1, -0.05) is 74.5 Å². The summed E-state index contributed by atoms with van der Waals surface area (Å²) in [4.78, 5) is -0.363. The molecule has 18 heavy (non-hydrogen) atoms. The fraction of sp³-hybridized carbons (Fsp3) is 0.765. The molecule has 0 aromatic rings. The number of hydrogen-bond acceptors (Lipinski definition) is 0. The van der Waals surface area contributed by atoms with Crippen LogP contribution in [0.1, 0.15) is 62.3 Å². The molecule has 0 aliphatic heterocycles. The molecule has 1 aliphatic rings. The Bertz CT molecular complexity index is 359. The fourth-order valence-corrected chi connectivity index (χ4v) is 2.51. The summed E-state index contributed by atoms with van der Waals surface area (Å²) in [7, 11) is 0. The molecule has 0 aromatic carbocycles. The van der Waals surface area contributed by atoms with Crippen LogP contribution in [0.15, 0.2) is 23.3 Å². The number of halogens is 1. The third-order valence-electron chi connectivity index (χ3n) is 3.76. The van der Waals surface area contributed by atoms with E-state index in [1.54, 1.807) is 0 Å². The van der Waals surface area contributed by atoms with Crippen molar-refractivity contribution in [3.05, 3.63) is 23.3 Å². The molecule has 0 atom stereocenters. The van der Waals surface area contributed by atoms with Crippen molar-refractivity contribution in [1.82, 2.24) is 0 Å². The van der Waals surface area contributed by atoms with Crippen LogP contribution in [0.25, 0.3) is 0 Å². The second kappa shape index (κ2) is 4.13. The van der Waals surface area contributed by atoms with Gasteiger partial charge >= 0.3 is 0 Å². The minimum atomic E-state index is -0.363. The van der Waals surface area contributed by atoms with Crippen LogP contribution in [-0.2, 0) is 0 Å². The minimum Gasteiger partial charge on any atom is -0.110 e. The first-order valence-electron chi connectivity index (χ1n) is 6.84. The van der Waals surface area contributed by atoms with Gasteiger partial charge in [-0.2, -0.15) is 0 Å². The van der Waals surface area contributed by atoms with Crippen molar-refractivity contribution in [2.24, 2.45) is 16.2 Å². The first-order chi connectivity index (χ1) is 7.68. The molecule has 0 N–H and O–H groups in total. The lowest BCUT2D eigenvalue weighted by atomic mass is 9.74. The van der Waals surface area contributed by atoms with Crippen molar-refractivity contribution in [1.29, 1.82) is 0 Å². The molecular weight excluding hydrogens is 240 g/mol. The smallest absolute Gasteiger partial charge is 0.0866 e. The standard InChI is InChI=1S/C17H29Cl/c1-14(2,3)12-10-17(18,16(7,8)9)11-13(12)15(4,5)6/h10-11H,1-9H3. The van der Waals surface area contributed by atoms with Crippen molar-refractivity contribution in [2.75, 3.05) is 0 Å². The van der Waals surface area contributed by atoms with E-state index in [1.165, 1.54) is 11.1 Å². The van der Waals surface area contributed by atoms with E-state index < -0.39 is 0 Å². The van der Waals surface area contributed by atoms with E-state index >= 15 is 0 Å². The lowest BCUT2D eigenvalue weighted by Gasteiger charge is -2.33. The zero-order valence-electron chi connectivity index (χ0n) is 13.5. The van der Waals surface area contributed by atoms with Crippen molar-refractivity contribution >= 4 is 11.6 Å². The highest BCUT2D eigenvalue weighted by molar-refractivity contribution is 6.27. The van der Waals surface area contributed by atoms with Gasteiger partial charge in [-0.3, -0.25) is 0 Å². The average molecular weight is 269 g/mol. The molecule has 0 nitrogen and oxygen atoms in total.